The van der Waals surface area contributed by atoms with E-state index in [0.29, 0.717) is 12.5 Å². The number of rotatable bonds is 8. The van der Waals surface area contributed by atoms with Gasteiger partial charge in [0.05, 0.1) is 11.3 Å². The molecular formula is C13H20N2O3. The Morgan fingerprint density at radius 2 is 2.28 bits per heavy atom. The highest BCUT2D eigenvalue weighted by Gasteiger charge is 2.06. The number of nitrogens with zero attached hydrogens (tertiary/aromatic N) is 1. The Morgan fingerprint density at radius 1 is 1.50 bits per heavy atom. The van der Waals surface area contributed by atoms with E-state index in [4.69, 9.17) is 10.2 Å². The average Bonchev–Trinajstić information content (AvgIpc) is 2.38. The normalized spacial score (nSPS) is 12.3. The van der Waals surface area contributed by atoms with Crippen molar-refractivity contribution in [2.24, 2.45) is 5.92 Å². The van der Waals surface area contributed by atoms with E-state index in [1.54, 1.807) is 12.1 Å². The molecule has 18 heavy (non-hydrogen) atoms. The SMILES string of the molecule is CCC(CCO)CNCc1ccc(C(=O)O)cn1. The molecule has 0 saturated carbocycles. The highest BCUT2D eigenvalue weighted by molar-refractivity contribution is 5.87. The van der Waals surface area contributed by atoms with Crippen molar-refractivity contribution in [1.82, 2.24) is 10.3 Å². The van der Waals surface area contributed by atoms with Crippen molar-refractivity contribution >= 4 is 5.97 Å². The van der Waals surface area contributed by atoms with Crippen molar-refractivity contribution in [2.75, 3.05) is 13.2 Å². The van der Waals surface area contributed by atoms with E-state index in [0.717, 1.165) is 25.1 Å². The molecule has 3 N–H and O–H groups in total. The van der Waals surface area contributed by atoms with Crippen LogP contribution >= 0.6 is 0 Å². The molecule has 1 aromatic rings. The summed E-state index contributed by atoms with van der Waals surface area (Å²) in [5.74, 6) is -0.496. The van der Waals surface area contributed by atoms with Gasteiger partial charge in [-0.25, -0.2) is 4.79 Å². The number of nitrogens with one attached hydrogen (secondary N) is 1. The maximum absolute atomic E-state index is 10.6. The van der Waals surface area contributed by atoms with Gasteiger partial charge in [0, 0.05) is 19.3 Å². The minimum atomic E-state index is -0.962. The lowest BCUT2D eigenvalue weighted by Crippen LogP contribution is -2.23. The summed E-state index contributed by atoms with van der Waals surface area (Å²) in [4.78, 5) is 14.7. The molecule has 0 amide bonds. The van der Waals surface area contributed by atoms with E-state index in [-0.39, 0.29) is 12.2 Å². The molecule has 1 heterocycles. The van der Waals surface area contributed by atoms with Gasteiger partial charge in [0.2, 0.25) is 0 Å². The van der Waals surface area contributed by atoms with Crippen LogP contribution in [0, 0.1) is 5.92 Å². The third-order valence-corrected chi connectivity index (χ3v) is 2.93. The summed E-state index contributed by atoms with van der Waals surface area (Å²) in [6, 6.07) is 3.26. The van der Waals surface area contributed by atoms with Crippen LogP contribution in [0.1, 0.15) is 35.8 Å². The Hall–Kier alpha value is -1.46. The van der Waals surface area contributed by atoms with Crippen LogP contribution in [0.4, 0.5) is 0 Å². The number of aliphatic hydroxyl groups excluding tert-OH is 1. The fourth-order valence-electron chi connectivity index (χ4n) is 1.69. The minimum Gasteiger partial charge on any atom is -0.478 e. The van der Waals surface area contributed by atoms with E-state index in [9.17, 15) is 4.79 Å². The number of carboxylic acid groups (broad SMARTS) is 1. The number of pyridine rings is 1. The highest BCUT2D eigenvalue weighted by atomic mass is 16.4. The molecular weight excluding hydrogens is 232 g/mol. The smallest absolute Gasteiger partial charge is 0.337 e. The van der Waals surface area contributed by atoms with E-state index in [1.165, 1.54) is 6.20 Å². The maximum atomic E-state index is 10.6. The monoisotopic (exact) mass is 252 g/mol. The van der Waals surface area contributed by atoms with Crippen LogP contribution < -0.4 is 5.32 Å². The lowest BCUT2D eigenvalue weighted by Gasteiger charge is -2.13. The number of hydrogen-bond acceptors (Lipinski definition) is 4. The molecule has 1 atom stereocenters. The maximum Gasteiger partial charge on any atom is 0.337 e. The fourth-order valence-corrected chi connectivity index (χ4v) is 1.69. The van der Waals surface area contributed by atoms with Crippen LogP contribution in [-0.2, 0) is 6.54 Å². The molecule has 0 saturated heterocycles. The number of aromatic nitrogens is 1. The van der Waals surface area contributed by atoms with Crippen molar-refractivity contribution in [3.8, 4) is 0 Å². The lowest BCUT2D eigenvalue weighted by atomic mass is 10.0. The molecule has 0 spiro atoms. The predicted molar refractivity (Wildman–Crippen MR) is 68.4 cm³/mol. The van der Waals surface area contributed by atoms with Gasteiger partial charge < -0.3 is 15.5 Å². The third-order valence-electron chi connectivity index (χ3n) is 2.93. The molecule has 5 nitrogen and oxygen atoms in total. The van der Waals surface area contributed by atoms with Crippen molar-refractivity contribution in [3.63, 3.8) is 0 Å². The summed E-state index contributed by atoms with van der Waals surface area (Å²) in [6.07, 6.45) is 3.19. The van der Waals surface area contributed by atoms with Crippen LogP contribution in [0.5, 0.6) is 0 Å². The first kappa shape index (κ1) is 14.6. The van der Waals surface area contributed by atoms with Crippen molar-refractivity contribution in [3.05, 3.63) is 29.6 Å². The number of aromatic carboxylic acids is 1. The van der Waals surface area contributed by atoms with Gasteiger partial charge in [-0.2, -0.15) is 0 Å². The van der Waals surface area contributed by atoms with Gasteiger partial charge in [-0.15, -0.1) is 0 Å². The topological polar surface area (TPSA) is 82.5 Å². The molecule has 0 radical (unpaired) electrons. The van der Waals surface area contributed by atoms with Gasteiger partial charge in [0.25, 0.3) is 0 Å². The zero-order valence-corrected chi connectivity index (χ0v) is 10.6. The van der Waals surface area contributed by atoms with Gasteiger partial charge >= 0.3 is 5.97 Å². The molecule has 0 aromatic carbocycles. The molecule has 0 bridgehead atoms. The first-order valence-corrected chi connectivity index (χ1v) is 6.17. The van der Waals surface area contributed by atoms with Crippen molar-refractivity contribution in [2.45, 2.75) is 26.3 Å². The zero-order valence-electron chi connectivity index (χ0n) is 10.6. The summed E-state index contributed by atoms with van der Waals surface area (Å²) >= 11 is 0. The quantitative estimate of drug-likeness (QED) is 0.649. The largest absolute Gasteiger partial charge is 0.478 e. The van der Waals surface area contributed by atoms with Gasteiger partial charge in [-0.3, -0.25) is 4.98 Å². The average molecular weight is 252 g/mol. The standard InChI is InChI=1S/C13H20N2O3/c1-2-10(5-6-16)7-14-9-12-4-3-11(8-15-12)13(17)18/h3-4,8,10,14,16H,2,5-7,9H2,1H3,(H,17,18). The van der Waals surface area contributed by atoms with Gasteiger partial charge in [-0.05, 0) is 31.0 Å². The lowest BCUT2D eigenvalue weighted by molar-refractivity contribution is 0.0696. The Kier molecular flexibility index (Phi) is 6.32. The summed E-state index contributed by atoms with van der Waals surface area (Å²) in [7, 11) is 0. The minimum absolute atomic E-state index is 0.200. The summed E-state index contributed by atoms with van der Waals surface area (Å²) in [5.41, 5.74) is 1.02. The summed E-state index contributed by atoms with van der Waals surface area (Å²) in [6.45, 7) is 3.76. The van der Waals surface area contributed by atoms with Gasteiger partial charge in [0.15, 0.2) is 0 Å². The molecule has 0 aliphatic heterocycles. The van der Waals surface area contributed by atoms with Gasteiger partial charge in [0.1, 0.15) is 0 Å². The molecule has 0 fully saturated rings. The molecule has 0 aliphatic rings. The third kappa shape index (κ3) is 4.81. The molecule has 1 unspecified atom stereocenters. The van der Waals surface area contributed by atoms with Gasteiger partial charge in [-0.1, -0.05) is 13.3 Å². The number of carbonyl (C=O) groups is 1. The molecule has 0 aliphatic carbocycles. The van der Waals surface area contributed by atoms with E-state index in [1.807, 2.05) is 0 Å². The molecule has 100 valence electrons. The van der Waals surface area contributed by atoms with E-state index in [2.05, 4.69) is 17.2 Å². The van der Waals surface area contributed by atoms with Crippen LogP contribution in [0.2, 0.25) is 0 Å². The summed E-state index contributed by atoms with van der Waals surface area (Å²) in [5, 5.41) is 20.9. The fraction of sp³-hybridized carbons (Fsp3) is 0.538. The second kappa shape index (κ2) is 7.79. The van der Waals surface area contributed by atoms with Crippen LogP contribution in [0.15, 0.2) is 18.3 Å². The summed E-state index contributed by atoms with van der Waals surface area (Å²) < 4.78 is 0. The predicted octanol–water partition coefficient (Wildman–Crippen LogP) is 1.28. The number of carboxylic acids is 1. The Morgan fingerprint density at radius 3 is 2.78 bits per heavy atom. The first-order chi connectivity index (χ1) is 8.67. The van der Waals surface area contributed by atoms with E-state index >= 15 is 0 Å². The number of aliphatic hydroxyl groups is 1. The highest BCUT2D eigenvalue weighted by Crippen LogP contribution is 2.06. The molecule has 1 aromatic heterocycles. The first-order valence-electron chi connectivity index (χ1n) is 6.17. The van der Waals surface area contributed by atoms with Crippen LogP contribution in [-0.4, -0.2) is 34.3 Å². The molecule has 5 heteroatoms. The second-order valence-electron chi connectivity index (χ2n) is 4.26. The Bertz CT molecular complexity index is 365. The van der Waals surface area contributed by atoms with Crippen molar-refractivity contribution in [1.29, 1.82) is 0 Å². The van der Waals surface area contributed by atoms with Crippen LogP contribution in [0.3, 0.4) is 0 Å². The zero-order chi connectivity index (χ0) is 13.4. The molecule has 1 rings (SSSR count). The van der Waals surface area contributed by atoms with E-state index < -0.39 is 5.97 Å². The Labute approximate surface area is 107 Å². The van der Waals surface area contributed by atoms with Crippen molar-refractivity contribution < 1.29 is 15.0 Å². The Balaban J connectivity index is 2.37. The van der Waals surface area contributed by atoms with Crippen LogP contribution in [0.25, 0.3) is 0 Å². The second-order valence-corrected chi connectivity index (χ2v) is 4.26. The number of hydrogen-bond donors (Lipinski definition) is 3.